The van der Waals surface area contributed by atoms with Crippen molar-refractivity contribution >= 4 is 43.8 Å². The van der Waals surface area contributed by atoms with Gasteiger partial charge in [0.05, 0.1) is 28.2 Å². The summed E-state index contributed by atoms with van der Waals surface area (Å²) in [4.78, 5) is 16.3. The number of benzene rings is 2. The fourth-order valence-electron chi connectivity index (χ4n) is 4.97. The lowest BCUT2D eigenvalue weighted by Gasteiger charge is -2.35. The Morgan fingerprint density at radius 1 is 1.09 bits per heavy atom. The van der Waals surface area contributed by atoms with Crippen molar-refractivity contribution in [3.8, 4) is 0 Å². The van der Waals surface area contributed by atoms with E-state index in [-0.39, 0.29) is 30.4 Å². The summed E-state index contributed by atoms with van der Waals surface area (Å²) < 4.78 is 30.9. The summed E-state index contributed by atoms with van der Waals surface area (Å²) in [6, 6.07) is 16.6. The number of carboxylic acid groups (broad SMARTS) is 1. The third-order valence-corrected chi connectivity index (χ3v) is 6.91. The first-order valence-corrected chi connectivity index (χ1v) is 11.4. The summed E-state index contributed by atoms with van der Waals surface area (Å²) in [7, 11) is 0. The fourth-order valence-corrected chi connectivity index (χ4v) is 5.29. The molecule has 1 aliphatic rings. The second-order valence-electron chi connectivity index (χ2n) is 8.48. The topological polar surface area (TPSA) is 55.1 Å². The first kappa shape index (κ1) is 21.1. The molecule has 1 unspecified atom stereocenters. The van der Waals surface area contributed by atoms with Gasteiger partial charge in [0.1, 0.15) is 0 Å². The van der Waals surface area contributed by atoms with Crippen LogP contribution in [-0.2, 0) is 0 Å². The molecule has 7 heteroatoms. The molecule has 0 saturated heterocycles. The zero-order chi connectivity index (χ0) is 22.5. The van der Waals surface area contributed by atoms with Crippen molar-refractivity contribution in [1.29, 1.82) is 0 Å². The molecular formula is C25H21BrF2N2O2. The SMILES string of the molecule is O=C(O)c1ccc2c3ncc(Br)cc3n(C(c3ccccc3)C3CCC(F)(F)CC3)c2c1. The largest absolute Gasteiger partial charge is 0.478 e. The molecule has 5 rings (SSSR count). The molecule has 0 amide bonds. The van der Waals surface area contributed by atoms with Crippen molar-refractivity contribution in [1.82, 2.24) is 9.55 Å². The van der Waals surface area contributed by atoms with E-state index in [9.17, 15) is 18.7 Å². The van der Waals surface area contributed by atoms with Crippen molar-refractivity contribution in [3.63, 3.8) is 0 Å². The van der Waals surface area contributed by atoms with Gasteiger partial charge in [-0.25, -0.2) is 13.6 Å². The molecule has 0 bridgehead atoms. The van der Waals surface area contributed by atoms with Crippen LogP contribution in [0.4, 0.5) is 8.78 Å². The molecule has 164 valence electrons. The van der Waals surface area contributed by atoms with Crippen LogP contribution >= 0.6 is 15.9 Å². The Kier molecular flexibility index (Phi) is 5.24. The zero-order valence-electron chi connectivity index (χ0n) is 17.1. The highest BCUT2D eigenvalue weighted by atomic mass is 79.9. The Labute approximate surface area is 192 Å². The van der Waals surface area contributed by atoms with Crippen molar-refractivity contribution in [2.24, 2.45) is 5.92 Å². The van der Waals surface area contributed by atoms with E-state index in [4.69, 9.17) is 0 Å². The molecule has 1 aliphatic carbocycles. The van der Waals surface area contributed by atoms with Crippen LogP contribution in [0.3, 0.4) is 0 Å². The van der Waals surface area contributed by atoms with E-state index < -0.39 is 11.9 Å². The normalized spacial score (nSPS) is 17.6. The summed E-state index contributed by atoms with van der Waals surface area (Å²) in [5, 5.41) is 10.4. The van der Waals surface area contributed by atoms with Gasteiger partial charge in [-0.3, -0.25) is 4.98 Å². The molecular weight excluding hydrogens is 478 g/mol. The van der Waals surface area contributed by atoms with Crippen molar-refractivity contribution in [2.45, 2.75) is 37.6 Å². The Balaban J connectivity index is 1.80. The maximum absolute atomic E-state index is 14.0. The van der Waals surface area contributed by atoms with Crippen LogP contribution in [0.1, 0.15) is 47.6 Å². The lowest BCUT2D eigenvalue weighted by Crippen LogP contribution is -2.30. The summed E-state index contributed by atoms with van der Waals surface area (Å²) >= 11 is 3.51. The second-order valence-corrected chi connectivity index (χ2v) is 9.39. The van der Waals surface area contributed by atoms with Gasteiger partial charge in [0.2, 0.25) is 5.92 Å². The minimum atomic E-state index is -2.63. The summed E-state index contributed by atoms with van der Waals surface area (Å²) in [6.07, 6.45) is 2.23. The summed E-state index contributed by atoms with van der Waals surface area (Å²) in [6.45, 7) is 0. The smallest absolute Gasteiger partial charge is 0.335 e. The van der Waals surface area contributed by atoms with Gasteiger partial charge in [-0.2, -0.15) is 0 Å². The van der Waals surface area contributed by atoms with Crippen LogP contribution in [0.15, 0.2) is 65.3 Å². The van der Waals surface area contributed by atoms with E-state index in [1.165, 1.54) is 0 Å². The Bertz CT molecular complexity index is 1310. The van der Waals surface area contributed by atoms with Crippen molar-refractivity contribution in [3.05, 3.63) is 76.4 Å². The molecule has 2 aromatic heterocycles. The van der Waals surface area contributed by atoms with Crippen LogP contribution < -0.4 is 0 Å². The highest BCUT2D eigenvalue weighted by molar-refractivity contribution is 9.10. The third kappa shape index (κ3) is 3.68. The number of aromatic nitrogens is 2. The molecule has 1 fully saturated rings. The molecule has 2 heterocycles. The quantitative estimate of drug-likeness (QED) is 0.327. The van der Waals surface area contributed by atoms with E-state index in [2.05, 4.69) is 25.5 Å². The van der Waals surface area contributed by atoms with Crippen LogP contribution in [0.2, 0.25) is 0 Å². The number of carboxylic acids is 1. The van der Waals surface area contributed by atoms with E-state index in [0.29, 0.717) is 12.8 Å². The number of carbonyl (C=O) groups is 1. The lowest BCUT2D eigenvalue weighted by molar-refractivity contribution is -0.0493. The molecule has 1 saturated carbocycles. The van der Waals surface area contributed by atoms with Crippen LogP contribution in [0.5, 0.6) is 0 Å². The predicted molar refractivity (Wildman–Crippen MR) is 123 cm³/mol. The predicted octanol–water partition coefficient (Wildman–Crippen LogP) is 7.07. The van der Waals surface area contributed by atoms with E-state index in [1.54, 1.807) is 24.4 Å². The van der Waals surface area contributed by atoms with Crippen molar-refractivity contribution in [2.75, 3.05) is 0 Å². The van der Waals surface area contributed by atoms with Gasteiger partial charge in [-0.05, 0) is 64.5 Å². The second kappa shape index (κ2) is 7.96. The van der Waals surface area contributed by atoms with Gasteiger partial charge in [0, 0.05) is 28.9 Å². The Morgan fingerprint density at radius 2 is 1.81 bits per heavy atom. The standard InChI is InChI=1S/C25H21BrF2N2O2/c26-18-13-21-22(29-14-18)19-7-6-17(24(31)32)12-20(19)30(21)23(15-4-2-1-3-5-15)16-8-10-25(27,28)11-9-16/h1-7,12-14,16,23H,8-11H2,(H,31,32). The molecule has 4 nitrogen and oxygen atoms in total. The van der Waals surface area contributed by atoms with Crippen molar-refractivity contribution < 1.29 is 18.7 Å². The molecule has 2 aromatic carbocycles. The van der Waals surface area contributed by atoms with Crippen LogP contribution in [0.25, 0.3) is 21.9 Å². The van der Waals surface area contributed by atoms with E-state index in [0.717, 1.165) is 32.0 Å². The molecule has 4 aromatic rings. The number of rotatable bonds is 4. The number of hydrogen-bond donors (Lipinski definition) is 1. The fraction of sp³-hybridized carbons (Fsp3) is 0.280. The van der Waals surface area contributed by atoms with E-state index >= 15 is 0 Å². The number of nitrogens with zero attached hydrogens (tertiary/aromatic N) is 2. The maximum Gasteiger partial charge on any atom is 0.335 e. The van der Waals surface area contributed by atoms with Gasteiger partial charge in [-0.1, -0.05) is 30.3 Å². The minimum absolute atomic E-state index is 0.0108. The van der Waals surface area contributed by atoms with Gasteiger partial charge in [-0.15, -0.1) is 0 Å². The summed E-state index contributed by atoms with van der Waals surface area (Å²) in [5.41, 5.74) is 3.56. The maximum atomic E-state index is 14.0. The monoisotopic (exact) mass is 498 g/mol. The molecule has 0 spiro atoms. The first-order valence-electron chi connectivity index (χ1n) is 10.6. The van der Waals surface area contributed by atoms with Gasteiger partial charge >= 0.3 is 5.97 Å². The van der Waals surface area contributed by atoms with Crippen LogP contribution in [0, 0.1) is 5.92 Å². The number of aromatic carboxylic acids is 1. The first-order chi connectivity index (χ1) is 15.3. The van der Waals surface area contributed by atoms with Crippen LogP contribution in [-0.4, -0.2) is 26.5 Å². The molecule has 0 aliphatic heterocycles. The summed E-state index contributed by atoms with van der Waals surface area (Å²) in [5.74, 6) is -3.64. The lowest BCUT2D eigenvalue weighted by atomic mass is 9.79. The van der Waals surface area contributed by atoms with Gasteiger partial charge in [0.25, 0.3) is 0 Å². The average molecular weight is 499 g/mol. The highest BCUT2D eigenvalue weighted by Crippen LogP contribution is 2.45. The number of fused-ring (bicyclic) bond motifs is 3. The molecule has 1 atom stereocenters. The molecule has 1 N–H and O–H groups in total. The van der Waals surface area contributed by atoms with E-state index in [1.807, 2.05) is 36.4 Å². The average Bonchev–Trinajstić information content (AvgIpc) is 3.08. The third-order valence-electron chi connectivity index (χ3n) is 6.48. The molecule has 32 heavy (non-hydrogen) atoms. The highest BCUT2D eigenvalue weighted by Gasteiger charge is 2.39. The number of hydrogen-bond acceptors (Lipinski definition) is 2. The minimum Gasteiger partial charge on any atom is -0.478 e. The number of alkyl halides is 2. The van der Waals surface area contributed by atoms with Gasteiger partial charge < -0.3 is 9.67 Å². The molecule has 0 radical (unpaired) electrons. The van der Waals surface area contributed by atoms with Gasteiger partial charge in [0.15, 0.2) is 0 Å². The zero-order valence-corrected chi connectivity index (χ0v) is 18.7. The number of pyridine rings is 1. The Hall–Kier alpha value is -2.80. The number of halogens is 3. The Morgan fingerprint density at radius 3 is 2.50 bits per heavy atom.